The topological polar surface area (TPSA) is 56.5 Å². The quantitative estimate of drug-likeness (QED) is 0.769. The first-order chi connectivity index (χ1) is 8.22. The Morgan fingerprint density at radius 3 is 2.88 bits per heavy atom. The van der Waals surface area contributed by atoms with Crippen molar-refractivity contribution in [3.8, 4) is 0 Å². The van der Waals surface area contributed by atoms with Crippen LogP contribution in [0.4, 0.5) is 0 Å². The molecule has 0 aliphatic heterocycles. The molecule has 0 aliphatic rings. The fourth-order valence-corrected chi connectivity index (χ4v) is 1.30. The molecule has 0 spiro atoms. The number of aromatic nitrogens is 3. The predicted octanol–water partition coefficient (Wildman–Crippen LogP) is 2.91. The van der Waals surface area contributed by atoms with Gasteiger partial charge in [0.15, 0.2) is 11.3 Å². The van der Waals surface area contributed by atoms with Crippen LogP contribution in [0.2, 0.25) is 0 Å². The molecule has 0 aromatic carbocycles. The summed E-state index contributed by atoms with van der Waals surface area (Å²) in [5.74, 6) is -0.402. The summed E-state index contributed by atoms with van der Waals surface area (Å²) in [7, 11) is 0. The molecule has 5 nitrogen and oxygen atoms in total. The molecule has 0 N–H and O–H groups in total. The second-order valence-electron chi connectivity index (χ2n) is 3.13. The van der Waals surface area contributed by atoms with Gasteiger partial charge in [-0.05, 0) is 19.9 Å². The van der Waals surface area contributed by atoms with E-state index >= 15 is 0 Å². The third kappa shape index (κ3) is 3.26. The van der Waals surface area contributed by atoms with Crippen LogP contribution < -0.4 is 0 Å². The summed E-state index contributed by atoms with van der Waals surface area (Å²) < 4.78 is 6.49. The Morgan fingerprint density at radius 1 is 1.53 bits per heavy atom. The van der Waals surface area contributed by atoms with Crippen LogP contribution in [-0.2, 0) is 4.74 Å². The maximum absolute atomic E-state index is 11.4. The van der Waals surface area contributed by atoms with E-state index in [4.69, 9.17) is 4.74 Å². The lowest BCUT2D eigenvalue weighted by Crippen LogP contribution is -2.08. The van der Waals surface area contributed by atoms with Gasteiger partial charge in [-0.1, -0.05) is 0 Å². The summed E-state index contributed by atoms with van der Waals surface area (Å²) >= 11 is 5.50. The minimum absolute atomic E-state index is 0.313. The zero-order valence-corrected chi connectivity index (χ0v) is 12.5. The molecule has 0 saturated heterocycles. The van der Waals surface area contributed by atoms with Crippen molar-refractivity contribution in [1.82, 2.24) is 14.6 Å². The highest BCUT2D eigenvalue weighted by Crippen LogP contribution is 2.07. The van der Waals surface area contributed by atoms with Crippen molar-refractivity contribution in [3.05, 3.63) is 29.7 Å². The van der Waals surface area contributed by atoms with Gasteiger partial charge in [0.05, 0.1) is 12.8 Å². The predicted molar refractivity (Wildman–Crippen MR) is 71.5 cm³/mol. The smallest absolute Gasteiger partial charge is 0.357 e. The van der Waals surface area contributed by atoms with Crippen molar-refractivity contribution in [2.45, 2.75) is 13.8 Å². The van der Waals surface area contributed by atoms with Crippen LogP contribution in [-0.4, -0.2) is 27.2 Å². The number of aryl methyl sites for hydroxylation is 1. The number of carbonyl (C=O) groups is 1. The van der Waals surface area contributed by atoms with Crippen molar-refractivity contribution >= 4 is 39.9 Å². The summed E-state index contributed by atoms with van der Waals surface area (Å²) in [6.07, 6.45) is 3.40. The van der Waals surface area contributed by atoms with Crippen LogP contribution in [0.3, 0.4) is 0 Å². The summed E-state index contributed by atoms with van der Waals surface area (Å²) in [4.78, 5) is 15.6. The fraction of sp³-hybridized carbons (Fsp3) is 0.300. The number of nitrogens with zero attached hydrogens (tertiary/aromatic N) is 3. The zero-order chi connectivity index (χ0) is 12.8. The van der Waals surface area contributed by atoms with Gasteiger partial charge < -0.3 is 4.74 Å². The standard InChI is InChI=1S/C10H11N3O2.Br2/c1-3-15-10(14)8-4-5-13-9(12-8)7(2)6-11-13;1-2/h4-6H,3H2,1-2H3;. The van der Waals surface area contributed by atoms with Crippen molar-refractivity contribution in [1.29, 1.82) is 0 Å². The molecule has 0 aliphatic carbocycles. The number of halogens is 2. The molecule has 0 bridgehead atoms. The normalized spacial score (nSPS) is 9.65. The van der Waals surface area contributed by atoms with Gasteiger partial charge >= 0.3 is 5.97 Å². The third-order valence-corrected chi connectivity index (χ3v) is 2.03. The average molecular weight is 365 g/mol. The van der Waals surface area contributed by atoms with E-state index in [0.717, 1.165) is 5.56 Å². The molecular weight excluding hydrogens is 354 g/mol. The first-order valence-corrected chi connectivity index (χ1v) is 8.56. The number of hydrogen-bond acceptors (Lipinski definition) is 4. The van der Waals surface area contributed by atoms with Crippen LogP contribution in [0, 0.1) is 6.92 Å². The molecule has 92 valence electrons. The monoisotopic (exact) mass is 363 g/mol. The molecule has 0 radical (unpaired) electrons. The Bertz CT molecular complexity index is 513. The molecule has 2 heterocycles. The zero-order valence-electron chi connectivity index (χ0n) is 9.35. The lowest BCUT2D eigenvalue weighted by molar-refractivity contribution is 0.0519. The highest BCUT2D eigenvalue weighted by atomic mass is 80.9. The van der Waals surface area contributed by atoms with Gasteiger partial charge in [-0.15, -0.1) is 0 Å². The number of carbonyl (C=O) groups excluding carboxylic acids is 1. The van der Waals surface area contributed by atoms with E-state index in [1.165, 1.54) is 0 Å². The molecule has 2 aromatic heterocycles. The largest absolute Gasteiger partial charge is 0.461 e. The molecular formula is C10H11Br2N3O2. The lowest BCUT2D eigenvalue weighted by atomic mass is 10.3. The SMILES string of the molecule is BrBr.CCOC(=O)c1ccn2ncc(C)c2n1. The fourth-order valence-electron chi connectivity index (χ4n) is 1.30. The number of esters is 1. The van der Waals surface area contributed by atoms with Gasteiger partial charge in [0, 0.05) is 40.0 Å². The average Bonchev–Trinajstić information content (AvgIpc) is 2.73. The number of ether oxygens (including phenoxy) is 1. The van der Waals surface area contributed by atoms with Gasteiger partial charge in [0.1, 0.15) is 0 Å². The summed E-state index contributed by atoms with van der Waals surface area (Å²) in [5.41, 5.74) is 1.93. The molecule has 0 unspecified atom stereocenters. The number of rotatable bonds is 2. The highest BCUT2D eigenvalue weighted by molar-refractivity contribution is 9.93. The molecule has 2 aromatic rings. The van der Waals surface area contributed by atoms with Gasteiger partial charge in [0.25, 0.3) is 0 Å². The van der Waals surface area contributed by atoms with Crippen LogP contribution in [0.5, 0.6) is 0 Å². The minimum atomic E-state index is -0.402. The van der Waals surface area contributed by atoms with Crippen LogP contribution in [0.15, 0.2) is 18.5 Å². The second kappa shape index (κ2) is 6.70. The first-order valence-electron chi connectivity index (χ1n) is 4.84. The van der Waals surface area contributed by atoms with E-state index in [-0.39, 0.29) is 0 Å². The molecule has 7 heteroatoms. The lowest BCUT2D eigenvalue weighted by Gasteiger charge is -2.01. The maximum atomic E-state index is 11.4. The summed E-state index contributed by atoms with van der Waals surface area (Å²) in [6, 6.07) is 1.59. The van der Waals surface area contributed by atoms with Gasteiger partial charge in [0.2, 0.25) is 0 Å². The highest BCUT2D eigenvalue weighted by Gasteiger charge is 2.10. The minimum Gasteiger partial charge on any atom is -0.461 e. The van der Waals surface area contributed by atoms with Crippen molar-refractivity contribution in [3.63, 3.8) is 0 Å². The van der Waals surface area contributed by atoms with E-state index in [2.05, 4.69) is 38.3 Å². The van der Waals surface area contributed by atoms with E-state index in [1.807, 2.05) is 6.92 Å². The van der Waals surface area contributed by atoms with Crippen LogP contribution in [0.1, 0.15) is 23.0 Å². The van der Waals surface area contributed by atoms with Gasteiger partial charge in [-0.2, -0.15) is 5.10 Å². The molecule has 0 amide bonds. The van der Waals surface area contributed by atoms with E-state index in [9.17, 15) is 4.79 Å². The van der Waals surface area contributed by atoms with E-state index < -0.39 is 5.97 Å². The Kier molecular flexibility index (Phi) is 5.57. The Balaban J connectivity index is 0.000000686. The van der Waals surface area contributed by atoms with E-state index in [0.29, 0.717) is 17.9 Å². The number of hydrogen-bond donors (Lipinski definition) is 0. The molecule has 0 fully saturated rings. The third-order valence-electron chi connectivity index (χ3n) is 2.03. The molecule has 2 rings (SSSR count). The van der Waals surface area contributed by atoms with Crippen LogP contribution >= 0.6 is 28.3 Å². The summed E-state index contributed by atoms with van der Waals surface area (Å²) in [5, 5.41) is 4.07. The molecule has 0 atom stereocenters. The maximum Gasteiger partial charge on any atom is 0.357 e. The van der Waals surface area contributed by atoms with Gasteiger partial charge in [-0.3, -0.25) is 0 Å². The second-order valence-corrected chi connectivity index (χ2v) is 3.13. The molecule has 0 saturated carbocycles. The Morgan fingerprint density at radius 2 is 2.24 bits per heavy atom. The molecule has 17 heavy (non-hydrogen) atoms. The van der Waals surface area contributed by atoms with Gasteiger partial charge in [-0.25, -0.2) is 14.3 Å². The number of fused-ring (bicyclic) bond motifs is 1. The van der Waals surface area contributed by atoms with Crippen molar-refractivity contribution in [2.75, 3.05) is 6.61 Å². The van der Waals surface area contributed by atoms with Crippen LogP contribution in [0.25, 0.3) is 5.65 Å². The van der Waals surface area contributed by atoms with Crippen molar-refractivity contribution < 1.29 is 9.53 Å². The Labute approximate surface area is 114 Å². The summed E-state index contributed by atoms with van der Waals surface area (Å²) in [6.45, 7) is 4.01. The Hall–Kier alpha value is -0.950. The first kappa shape index (κ1) is 14.1. The van der Waals surface area contributed by atoms with Crippen molar-refractivity contribution in [2.24, 2.45) is 0 Å². The van der Waals surface area contributed by atoms with E-state index in [1.54, 1.807) is 29.9 Å².